The fourth-order valence-corrected chi connectivity index (χ4v) is 16.0. The van der Waals surface area contributed by atoms with Crippen molar-refractivity contribution in [3.63, 3.8) is 0 Å². The molecular formula is C38H36O2P2Si. The van der Waals surface area contributed by atoms with Crippen LogP contribution in [-0.2, 0) is 8.85 Å². The first-order chi connectivity index (χ1) is 21.0. The third-order valence-electron chi connectivity index (χ3n) is 7.62. The van der Waals surface area contributed by atoms with E-state index in [0.717, 1.165) is 5.56 Å². The zero-order valence-electron chi connectivity index (χ0n) is 24.8. The molecule has 0 bridgehead atoms. The first-order valence-corrected chi connectivity index (χ1v) is 20.1. The summed E-state index contributed by atoms with van der Waals surface area (Å²) in [6, 6.07) is 54.5. The molecule has 1 aliphatic heterocycles. The van der Waals surface area contributed by atoms with Crippen molar-refractivity contribution in [2.45, 2.75) is 18.2 Å². The van der Waals surface area contributed by atoms with Crippen molar-refractivity contribution in [3.05, 3.63) is 174 Å². The van der Waals surface area contributed by atoms with Crippen LogP contribution in [0.1, 0.15) is 16.7 Å². The zero-order valence-corrected chi connectivity index (χ0v) is 27.6. The van der Waals surface area contributed by atoms with Crippen molar-refractivity contribution >= 4 is 51.7 Å². The second-order valence-electron chi connectivity index (χ2n) is 10.9. The molecule has 6 rings (SSSR count). The fourth-order valence-electron chi connectivity index (χ4n) is 5.58. The van der Waals surface area contributed by atoms with Crippen LogP contribution in [-0.4, -0.2) is 20.8 Å². The van der Waals surface area contributed by atoms with Crippen molar-refractivity contribution < 1.29 is 8.85 Å². The van der Waals surface area contributed by atoms with Crippen LogP contribution in [0.3, 0.4) is 0 Å². The molecule has 2 atom stereocenters. The highest BCUT2D eigenvalue weighted by atomic mass is 31.2. The average molecular weight is 615 g/mol. The van der Waals surface area contributed by atoms with Gasteiger partial charge >= 0.3 is 8.56 Å². The Kier molecular flexibility index (Phi) is 9.00. The summed E-state index contributed by atoms with van der Waals surface area (Å²) < 4.78 is 13.9. The van der Waals surface area contributed by atoms with Crippen LogP contribution in [0, 0.1) is 0 Å². The van der Waals surface area contributed by atoms with E-state index in [-0.39, 0.29) is 0 Å². The maximum atomic E-state index is 7.64. The van der Waals surface area contributed by atoms with Crippen molar-refractivity contribution in [2.24, 2.45) is 0 Å². The van der Waals surface area contributed by atoms with Crippen LogP contribution < -0.4 is 10.6 Å². The van der Waals surface area contributed by atoms with E-state index in [1.165, 1.54) is 32.4 Å². The number of rotatable bonds is 9. The molecule has 0 N–H and O–H groups in total. The summed E-state index contributed by atoms with van der Waals surface area (Å²) in [5, 5.41) is 4.68. The standard InChI is InChI=1S/C38H36O2P2Si/c1-39-43(2,3)40-38(30-29-31-19-9-4-10-20-31)41(34-25-15-7-16-26-34)36(32-21-11-5-12-22-32)37(33-23-13-6-14-24-33)42(38)35-27-17-8-18-28-35/h4-30H,1-3H3/b30-29+. The normalized spacial score (nSPS) is 20.5. The number of hydrogen-bond acceptors (Lipinski definition) is 2. The highest BCUT2D eigenvalue weighted by molar-refractivity contribution is 7.98. The molecular weight excluding hydrogens is 578 g/mol. The minimum atomic E-state index is -2.61. The molecule has 2 unspecified atom stereocenters. The Morgan fingerprint density at radius 3 is 1.30 bits per heavy atom. The number of hydrogen-bond donors (Lipinski definition) is 0. The van der Waals surface area contributed by atoms with Gasteiger partial charge in [0.15, 0.2) is 0 Å². The van der Waals surface area contributed by atoms with Gasteiger partial charge in [0.2, 0.25) is 0 Å². The molecule has 5 aromatic rings. The lowest BCUT2D eigenvalue weighted by atomic mass is 10.1. The molecule has 0 amide bonds. The summed E-state index contributed by atoms with van der Waals surface area (Å²) in [5.41, 5.74) is 3.65. The summed E-state index contributed by atoms with van der Waals surface area (Å²) in [4.78, 5) is 0. The Labute approximate surface area is 259 Å². The highest BCUT2D eigenvalue weighted by Crippen LogP contribution is 2.85. The molecule has 1 heterocycles. The largest absolute Gasteiger partial charge is 0.398 e. The SMILES string of the molecule is CO[Si](C)(C)OC1(/C=C/c2ccccc2)P(c2ccccc2)C(c2ccccc2)=C(c2ccccc2)P1c1ccccc1. The Morgan fingerprint density at radius 2 is 0.907 bits per heavy atom. The minimum absolute atomic E-state index is 0.661. The van der Waals surface area contributed by atoms with Crippen molar-refractivity contribution in [2.75, 3.05) is 7.11 Å². The van der Waals surface area contributed by atoms with E-state index in [2.05, 4.69) is 177 Å². The van der Waals surface area contributed by atoms with Gasteiger partial charge in [0.1, 0.15) is 5.08 Å². The summed E-state index contributed by atoms with van der Waals surface area (Å²) >= 11 is 0. The van der Waals surface area contributed by atoms with E-state index in [1.54, 1.807) is 7.11 Å². The van der Waals surface area contributed by atoms with Gasteiger partial charge in [-0.1, -0.05) is 158 Å². The van der Waals surface area contributed by atoms with Crippen LogP contribution >= 0.6 is 15.8 Å². The van der Waals surface area contributed by atoms with E-state index in [4.69, 9.17) is 8.85 Å². The molecule has 0 spiro atoms. The second-order valence-corrected chi connectivity index (χ2v) is 19.2. The van der Waals surface area contributed by atoms with Gasteiger partial charge < -0.3 is 8.85 Å². The van der Waals surface area contributed by atoms with Gasteiger partial charge in [0.05, 0.1) is 0 Å². The quantitative estimate of drug-likeness (QED) is 0.122. The molecule has 214 valence electrons. The van der Waals surface area contributed by atoms with Gasteiger partial charge in [-0.05, 0) is 72.9 Å². The summed E-state index contributed by atoms with van der Waals surface area (Å²) in [6.07, 6.45) is 4.67. The highest BCUT2D eigenvalue weighted by Gasteiger charge is 2.58. The molecule has 5 aromatic carbocycles. The van der Waals surface area contributed by atoms with Gasteiger partial charge in [-0.2, -0.15) is 0 Å². The van der Waals surface area contributed by atoms with E-state index >= 15 is 0 Å². The molecule has 0 radical (unpaired) electrons. The van der Waals surface area contributed by atoms with Crippen molar-refractivity contribution in [1.82, 2.24) is 0 Å². The predicted molar refractivity (Wildman–Crippen MR) is 189 cm³/mol. The van der Waals surface area contributed by atoms with Gasteiger partial charge in [-0.3, -0.25) is 0 Å². The molecule has 2 nitrogen and oxygen atoms in total. The first kappa shape index (κ1) is 29.6. The summed E-state index contributed by atoms with van der Waals surface area (Å²) in [5.74, 6) is 0. The molecule has 0 aliphatic carbocycles. The molecule has 0 saturated carbocycles. The molecule has 0 aromatic heterocycles. The topological polar surface area (TPSA) is 18.5 Å². The fraction of sp³-hybridized carbons (Fsp3) is 0.105. The Hall–Kier alpha value is -3.42. The summed E-state index contributed by atoms with van der Waals surface area (Å²) in [7, 11) is -2.94. The van der Waals surface area contributed by atoms with Crippen molar-refractivity contribution in [1.29, 1.82) is 0 Å². The van der Waals surface area contributed by atoms with Crippen LogP contribution in [0.25, 0.3) is 16.7 Å². The van der Waals surface area contributed by atoms with E-state index in [0.29, 0.717) is 0 Å². The maximum Gasteiger partial charge on any atom is 0.332 e. The van der Waals surface area contributed by atoms with Crippen LogP contribution in [0.5, 0.6) is 0 Å². The van der Waals surface area contributed by atoms with E-state index in [9.17, 15) is 0 Å². The molecule has 0 saturated heterocycles. The first-order valence-electron chi connectivity index (χ1n) is 14.6. The smallest absolute Gasteiger partial charge is 0.332 e. The van der Waals surface area contributed by atoms with E-state index < -0.39 is 29.5 Å². The van der Waals surface area contributed by atoms with E-state index in [1.807, 2.05) is 0 Å². The lowest BCUT2D eigenvalue weighted by Crippen LogP contribution is -2.44. The average Bonchev–Trinajstić information content (AvgIpc) is 3.36. The van der Waals surface area contributed by atoms with Gasteiger partial charge in [0, 0.05) is 7.11 Å². The third-order valence-corrected chi connectivity index (χ3v) is 16.4. The minimum Gasteiger partial charge on any atom is -0.398 e. The lowest BCUT2D eigenvalue weighted by molar-refractivity contribution is 0.196. The lowest BCUT2D eigenvalue weighted by Gasteiger charge is -2.44. The number of benzene rings is 5. The van der Waals surface area contributed by atoms with Crippen LogP contribution in [0.15, 0.2) is 158 Å². The second kappa shape index (κ2) is 13.1. The van der Waals surface area contributed by atoms with Gasteiger partial charge in [-0.25, -0.2) is 0 Å². The van der Waals surface area contributed by atoms with Crippen molar-refractivity contribution in [3.8, 4) is 0 Å². The zero-order chi connectivity index (χ0) is 29.7. The Bertz CT molecular complexity index is 1600. The summed E-state index contributed by atoms with van der Waals surface area (Å²) in [6.45, 7) is 4.34. The maximum absolute atomic E-state index is 7.64. The molecule has 1 aliphatic rings. The predicted octanol–water partition coefficient (Wildman–Crippen LogP) is 9.87. The van der Waals surface area contributed by atoms with Crippen LogP contribution in [0.4, 0.5) is 0 Å². The van der Waals surface area contributed by atoms with Gasteiger partial charge in [0.25, 0.3) is 0 Å². The third kappa shape index (κ3) is 6.15. The Balaban J connectivity index is 1.76. The van der Waals surface area contributed by atoms with Gasteiger partial charge in [-0.15, -0.1) is 0 Å². The molecule has 5 heteroatoms. The van der Waals surface area contributed by atoms with Crippen LogP contribution in [0.2, 0.25) is 13.1 Å². The Morgan fingerprint density at radius 1 is 0.535 bits per heavy atom. The molecule has 43 heavy (non-hydrogen) atoms. The monoisotopic (exact) mass is 614 g/mol. The molecule has 0 fully saturated rings.